The van der Waals surface area contributed by atoms with Crippen molar-refractivity contribution in [2.75, 3.05) is 44.5 Å². The Morgan fingerprint density at radius 2 is 1.76 bits per heavy atom. The van der Waals surface area contributed by atoms with Crippen molar-refractivity contribution in [3.05, 3.63) is 51.8 Å². The van der Waals surface area contributed by atoms with E-state index in [1.165, 1.54) is 11.3 Å². The maximum absolute atomic E-state index is 13.5. The average molecular weight is 615 g/mol. The number of carboxylic acid groups (broad SMARTS) is 1. The molecule has 0 aliphatic heterocycles. The Labute approximate surface area is 256 Å². The Kier molecular flexibility index (Phi) is 11.8. The average Bonchev–Trinajstić information content (AvgIpc) is 3.60. The fraction of sp³-hybridized carbons (Fsp3) is 0.484. The van der Waals surface area contributed by atoms with E-state index >= 15 is 0 Å². The number of aromatic carboxylic acids is 1. The number of thiazole rings is 1. The number of nitrogens with one attached hydrogen (secondary N) is 1. The first-order valence-corrected chi connectivity index (χ1v) is 16.0. The first-order valence-electron chi connectivity index (χ1n) is 14.2. The summed E-state index contributed by atoms with van der Waals surface area (Å²) in [5, 5.41) is 24.9. The molecule has 0 radical (unpaired) electrons. The highest BCUT2D eigenvalue weighted by Gasteiger charge is 2.32. The third-order valence-electron chi connectivity index (χ3n) is 7.14. The minimum atomic E-state index is -1.29. The van der Waals surface area contributed by atoms with Gasteiger partial charge in [-0.05, 0) is 69.2 Å². The summed E-state index contributed by atoms with van der Waals surface area (Å²) in [6.07, 6.45) is 3.68. The van der Waals surface area contributed by atoms with Gasteiger partial charge >= 0.3 is 0 Å². The zero-order chi connectivity index (χ0) is 31.0. The molecule has 2 heterocycles. The van der Waals surface area contributed by atoms with Gasteiger partial charge in [-0.3, -0.25) is 9.59 Å². The number of aliphatic hydroxyl groups excluding tert-OH is 1. The van der Waals surface area contributed by atoms with Gasteiger partial charge in [0.15, 0.2) is 0 Å². The van der Waals surface area contributed by atoms with Gasteiger partial charge in [0.05, 0.1) is 49.8 Å². The molecule has 0 bridgehead atoms. The molecule has 0 atom stereocenters. The monoisotopic (exact) mass is 614 g/mol. The lowest BCUT2D eigenvalue weighted by molar-refractivity contribution is -0.870. The van der Waals surface area contributed by atoms with Crippen molar-refractivity contribution in [3.8, 4) is 10.4 Å². The minimum Gasteiger partial charge on any atom is -0.544 e. The molecule has 0 spiro atoms. The number of carbonyl (C=O) groups is 3. The number of amides is 2. The largest absolute Gasteiger partial charge is 0.544 e. The molecule has 9 nitrogen and oxygen atoms in total. The van der Waals surface area contributed by atoms with Crippen LogP contribution in [0.5, 0.6) is 0 Å². The molecule has 228 valence electrons. The summed E-state index contributed by atoms with van der Waals surface area (Å²) in [6.45, 7) is 7.12. The fourth-order valence-corrected chi connectivity index (χ4v) is 6.26. The smallest absolute Gasteiger partial charge is 0.275 e. The number of rotatable bonds is 9. The van der Waals surface area contributed by atoms with E-state index in [0.717, 1.165) is 53.6 Å². The molecule has 4 rings (SSSR count). The highest BCUT2D eigenvalue weighted by molar-refractivity contribution is 7.18. The normalized spacial score (nSPS) is 16.9. The molecule has 0 unspecified atom stereocenters. The Bertz CT molecular complexity index is 1320. The number of quaternary nitrogens is 1. The molecule has 2 N–H and O–H groups in total. The SMILES string of the molecule is CC1CCC(C(=O)N(c2cc(-c3ccc(NC(=O)c4cscn4)cc3)sc2C(=O)[O-])C(C)C)CC1.C[N+](C)(C)CCO. The quantitative estimate of drug-likeness (QED) is 0.336. The van der Waals surface area contributed by atoms with Crippen LogP contribution in [0.1, 0.15) is 66.6 Å². The van der Waals surface area contributed by atoms with Crippen molar-refractivity contribution < 1.29 is 29.1 Å². The second-order valence-corrected chi connectivity index (χ2v) is 13.8. The molecular weight excluding hydrogens is 572 g/mol. The van der Waals surface area contributed by atoms with Gasteiger partial charge in [0.2, 0.25) is 5.91 Å². The molecule has 2 amide bonds. The molecule has 11 heteroatoms. The number of hydrogen-bond acceptors (Lipinski definition) is 8. The second kappa shape index (κ2) is 14.9. The van der Waals surface area contributed by atoms with Crippen LogP contribution in [-0.4, -0.2) is 72.7 Å². The number of hydrogen-bond donors (Lipinski definition) is 2. The number of aromatic nitrogens is 1. The Morgan fingerprint density at radius 1 is 1.12 bits per heavy atom. The van der Waals surface area contributed by atoms with Crippen molar-refractivity contribution >= 4 is 51.8 Å². The number of carboxylic acids is 1. The van der Waals surface area contributed by atoms with Crippen LogP contribution < -0.4 is 15.3 Å². The van der Waals surface area contributed by atoms with Gasteiger partial charge in [-0.2, -0.15) is 0 Å². The molecular formula is C31H42N4O5S2. The van der Waals surface area contributed by atoms with E-state index in [2.05, 4.69) is 38.4 Å². The molecule has 1 aliphatic rings. The molecule has 1 aromatic carbocycles. The van der Waals surface area contributed by atoms with E-state index < -0.39 is 5.97 Å². The lowest BCUT2D eigenvalue weighted by Gasteiger charge is -2.33. The molecule has 1 aliphatic carbocycles. The maximum atomic E-state index is 13.5. The van der Waals surface area contributed by atoms with Crippen molar-refractivity contribution in [3.63, 3.8) is 0 Å². The van der Waals surface area contributed by atoms with Crippen LogP contribution in [-0.2, 0) is 4.79 Å². The zero-order valence-electron chi connectivity index (χ0n) is 25.3. The first-order chi connectivity index (χ1) is 19.8. The third-order valence-corrected chi connectivity index (χ3v) is 8.88. The van der Waals surface area contributed by atoms with E-state index in [0.29, 0.717) is 27.9 Å². The zero-order valence-corrected chi connectivity index (χ0v) is 26.9. The summed E-state index contributed by atoms with van der Waals surface area (Å²) >= 11 is 2.44. The van der Waals surface area contributed by atoms with E-state index in [4.69, 9.17) is 5.11 Å². The second-order valence-electron chi connectivity index (χ2n) is 12.0. The molecule has 1 fully saturated rings. The summed E-state index contributed by atoms with van der Waals surface area (Å²) in [4.78, 5) is 44.1. The maximum Gasteiger partial charge on any atom is 0.275 e. The number of benzene rings is 1. The van der Waals surface area contributed by atoms with Crippen molar-refractivity contribution in [2.24, 2.45) is 11.8 Å². The molecule has 2 aromatic heterocycles. The molecule has 0 saturated heterocycles. The number of likely N-dealkylation sites (N-methyl/N-ethyl adjacent to an activating group) is 1. The van der Waals surface area contributed by atoms with Crippen LogP contribution >= 0.6 is 22.7 Å². The Hall–Kier alpha value is -3.12. The van der Waals surface area contributed by atoms with Crippen molar-refractivity contribution in [1.29, 1.82) is 0 Å². The summed E-state index contributed by atoms with van der Waals surface area (Å²) < 4.78 is 0.844. The van der Waals surface area contributed by atoms with Crippen LogP contribution in [0.15, 0.2) is 41.2 Å². The van der Waals surface area contributed by atoms with Gasteiger partial charge in [-0.25, -0.2) is 4.98 Å². The third kappa shape index (κ3) is 9.19. The Balaban J connectivity index is 0.000000616. The van der Waals surface area contributed by atoms with E-state index in [1.54, 1.807) is 34.0 Å². The number of thiophene rings is 1. The lowest BCUT2D eigenvalue weighted by atomic mass is 9.82. The van der Waals surface area contributed by atoms with Gasteiger partial charge in [0.25, 0.3) is 5.91 Å². The van der Waals surface area contributed by atoms with Crippen LogP contribution in [0.4, 0.5) is 11.4 Å². The lowest BCUT2D eigenvalue weighted by Crippen LogP contribution is -2.43. The summed E-state index contributed by atoms with van der Waals surface area (Å²) in [5.74, 6) is -1.07. The highest BCUT2D eigenvalue weighted by Crippen LogP contribution is 2.40. The Morgan fingerprint density at radius 3 is 2.24 bits per heavy atom. The molecule has 3 aromatic rings. The van der Waals surface area contributed by atoms with Crippen molar-refractivity contribution in [1.82, 2.24) is 4.98 Å². The molecule has 1 saturated carbocycles. The van der Waals surface area contributed by atoms with Crippen molar-refractivity contribution in [2.45, 2.75) is 52.5 Å². The van der Waals surface area contributed by atoms with E-state index in [9.17, 15) is 19.5 Å². The summed E-state index contributed by atoms with van der Waals surface area (Å²) in [5.41, 5.74) is 3.74. The van der Waals surface area contributed by atoms with Crippen LogP contribution in [0.25, 0.3) is 10.4 Å². The summed E-state index contributed by atoms with van der Waals surface area (Å²) in [6, 6.07) is 8.72. The standard InChI is InChI=1S/C26H29N3O4S2.C5H14NO/c1-15(2)29(25(31)18-6-4-16(3)5-7-18)21-12-22(35-23(21)26(32)33)17-8-10-19(11-9-17)28-24(30)20-13-34-14-27-20;1-6(2,3)4-5-7/h8-16,18H,4-7H2,1-3H3,(H,28,30)(H,32,33);7H,4-5H2,1-3H3/q;+1/p-1. The van der Waals surface area contributed by atoms with Crippen LogP contribution in [0, 0.1) is 11.8 Å². The number of aliphatic hydroxyl groups is 1. The number of anilines is 2. The molecule has 42 heavy (non-hydrogen) atoms. The highest BCUT2D eigenvalue weighted by atomic mass is 32.1. The number of nitrogens with zero attached hydrogens (tertiary/aromatic N) is 3. The van der Waals surface area contributed by atoms with Crippen LogP contribution in [0.3, 0.4) is 0 Å². The van der Waals surface area contributed by atoms with Gasteiger partial charge in [0.1, 0.15) is 12.2 Å². The predicted octanol–water partition coefficient (Wildman–Crippen LogP) is 4.74. The first kappa shape index (κ1) is 33.4. The fourth-order valence-electron chi connectivity index (χ4n) is 4.74. The van der Waals surface area contributed by atoms with Gasteiger partial charge in [0, 0.05) is 27.9 Å². The van der Waals surface area contributed by atoms with Crippen LogP contribution in [0.2, 0.25) is 0 Å². The number of carbonyl (C=O) groups excluding carboxylic acids is 3. The van der Waals surface area contributed by atoms with E-state index in [-0.39, 0.29) is 35.3 Å². The summed E-state index contributed by atoms with van der Waals surface area (Å²) in [7, 11) is 6.16. The topological polar surface area (TPSA) is 123 Å². The predicted molar refractivity (Wildman–Crippen MR) is 168 cm³/mol. The van der Waals surface area contributed by atoms with Gasteiger partial charge < -0.3 is 29.7 Å². The van der Waals surface area contributed by atoms with Gasteiger partial charge in [-0.1, -0.05) is 19.1 Å². The van der Waals surface area contributed by atoms with E-state index in [1.807, 2.05) is 26.0 Å². The van der Waals surface area contributed by atoms with Gasteiger partial charge in [-0.15, -0.1) is 22.7 Å². The minimum absolute atomic E-state index is 0.0150.